The van der Waals surface area contributed by atoms with Gasteiger partial charge in [0, 0.05) is 25.6 Å². The van der Waals surface area contributed by atoms with Gasteiger partial charge in [0.05, 0.1) is 12.2 Å². The lowest BCUT2D eigenvalue weighted by molar-refractivity contribution is -0.151. The van der Waals surface area contributed by atoms with E-state index < -0.39 is 0 Å². The third-order valence-corrected chi connectivity index (χ3v) is 5.33. The van der Waals surface area contributed by atoms with Crippen molar-refractivity contribution in [3.05, 3.63) is 0 Å². The fraction of sp³-hybridized carbons (Fsp3) is 0.938. The number of nitrogens with zero attached hydrogens (tertiary/aromatic N) is 1. The molecule has 1 spiro atoms. The van der Waals surface area contributed by atoms with E-state index in [1.54, 1.807) is 0 Å². The summed E-state index contributed by atoms with van der Waals surface area (Å²) in [6.07, 6.45) is 6.40. The Hall–Kier alpha value is -0.450. The van der Waals surface area contributed by atoms with Crippen LogP contribution in [0.25, 0.3) is 0 Å². The maximum Gasteiger partial charge on any atom is 0.166 e. The fourth-order valence-corrected chi connectivity index (χ4v) is 4.06. The molecular weight excluding hydrogens is 254 g/mol. The highest BCUT2D eigenvalue weighted by atomic mass is 16.5. The number of hydrogen-bond acceptors (Lipinski definition) is 4. The monoisotopic (exact) mass is 281 g/mol. The van der Waals surface area contributed by atoms with Gasteiger partial charge in [-0.05, 0) is 32.2 Å². The number of ether oxygens (including phenoxy) is 2. The topological polar surface area (TPSA) is 38.8 Å². The van der Waals surface area contributed by atoms with E-state index in [0.717, 1.165) is 51.9 Å². The first-order chi connectivity index (χ1) is 9.72. The van der Waals surface area contributed by atoms with Gasteiger partial charge < -0.3 is 9.47 Å². The zero-order valence-electron chi connectivity index (χ0n) is 12.6. The van der Waals surface area contributed by atoms with Crippen molar-refractivity contribution in [1.82, 2.24) is 4.90 Å². The van der Waals surface area contributed by atoms with Crippen LogP contribution in [0.1, 0.15) is 45.4 Å². The molecule has 2 heterocycles. The SMILES string of the molecule is CCN1CCOC(C(=O)C2CCOC3(CCCC3)C2)C1. The third-order valence-electron chi connectivity index (χ3n) is 5.33. The summed E-state index contributed by atoms with van der Waals surface area (Å²) in [4.78, 5) is 15.1. The summed E-state index contributed by atoms with van der Waals surface area (Å²) >= 11 is 0. The van der Waals surface area contributed by atoms with Gasteiger partial charge in [-0.2, -0.15) is 0 Å². The molecule has 2 saturated heterocycles. The molecule has 2 atom stereocenters. The molecule has 0 N–H and O–H groups in total. The lowest BCUT2D eigenvalue weighted by Crippen LogP contribution is -2.50. The van der Waals surface area contributed by atoms with Crippen molar-refractivity contribution in [3.63, 3.8) is 0 Å². The molecule has 0 bridgehead atoms. The van der Waals surface area contributed by atoms with Gasteiger partial charge in [0.25, 0.3) is 0 Å². The van der Waals surface area contributed by atoms with Gasteiger partial charge in [-0.15, -0.1) is 0 Å². The van der Waals surface area contributed by atoms with Crippen molar-refractivity contribution in [3.8, 4) is 0 Å². The summed E-state index contributed by atoms with van der Waals surface area (Å²) in [5.74, 6) is 0.487. The van der Waals surface area contributed by atoms with Crippen molar-refractivity contribution >= 4 is 5.78 Å². The van der Waals surface area contributed by atoms with Gasteiger partial charge in [0.1, 0.15) is 6.10 Å². The largest absolute Gasteiger partial charge is 0.375 e. The molecule has 1 aliphatic carbocycles. The maximum absolute atomic E-state index is 12.7. The molecule has 3 aliphatic rings. The van der Waals surface area contributed by atoms with Crippen LogP contribution in [0.3, 0.4) is 0 Å². The summed E-state index contributed by atoms with van der Waals surface area (Å²) in [5.41, 5.74) is 0.0255. The molecule has 3 rings (SSSR count). The minimum Gasteiger partial charge on any atom is -0.375 e. The van der Waals surface area contributed by atoms with Crippen LogP contribution in [0, 0.1) is 5.92 Å². The number of likely N-dealkylation sites (N-methyl/N-ethyl adjacent to an activating group) is 1. The fourth-order valence-electron chi connectivity index (χ4n) is 4.06. The van der Waals surface area contributed by atoms with Gasteiger partial charge in [0.2, 0.25) is 0 Å². The first-order valence-corrected chi connectivity index (χ1v) is 8.24. The van der Waals surface area contributed by atoms with Crippen LogP contribution < -0.4 is 0 Å². The van der Waals surface area contributed by atoms with Crippen molar-refractivity contribution in [2.45, 2.75) is 57.2 Å². The Morgan fingerprint density at radius 3 is 2.85 bits per heavy atom. The summed E-state index contributed by atoms with van der Waals surface area (Å²) in [7, 11) is 0. The Balaban J connectivity index is 1.61. The van der Waals surface area contributed by atoms with Gasteiger partial charge in [-0.25, -0.2) is 0 Å². The standard InChI is InChI=1S/C16H27NO3/c1-2-17-8-10-19-14(12-17)15(18)13-5-9-20-16(11-13)6-3-4-7-16/h13-14H,2-12H2,1H3. The second-order valence-electron chi connectivity index (χ2n) is 6.58. The minimum atomic E-state index is -0.203. The summed E-state index contributed by atoms with van der Waals surface area (Å²) in [5, 5.41) is 0. The third kappa shape index (κ3) is 2.92. The van der Waals surface area contributed by atoms with Crippen LogP contribution in [-0.4, -0.2) is 55.2 Å². The molecule has 2 unspecified atom stereocenters. The number of carbonyl (C=O) groups is 1. The smallest absolute Gasteiger partial charge is 0.166 e. The zero-order valence-corrected chi connectivity index (χ0v) is 12.6. The van der Waals surface area contributed by atoms with Gasteiger partial charge >= 0.3 is 0 Å². The van der Waals surface area contributed by atoms with E-state index in [2.05, 4.69) is 11.8 Å². The molecule has 20 heavy (non-hydrogen) atoms. The first-order valence-electron chi connectivity index (χ1n) is 8.24. The predicted molar refractivity (Wildman–Crippen MR) is 76.7 cm³/mol. The second kappa shape index (κ2) is 6.12. The molecule has 0 radical (unpaired) electrons. The molecule has 3 fully saturated rings. The van der Waals surface area contributed by atoms with Gasteiger partial charge in [-0.3, -0.25) is 9.69 Å². The van der Waals surface area contributed by atoms with E-state index in [-0.39, 0.29) is 17.6 Å². The van der Waals surface area contributed by atoms with Crippen LogP contribution >= 0.6 is 0 Å². The van der Waals surface area contributed by atoms with Crippen molar-refractivity contribution in [2.75, 3.05) is 32.8 Å². The number of Topliss-reactive ketones (excluding diaryl/α,β-unsaturated/α-hetero) is 1. The lowest BCUT2D eigenvalue weighted by atomic mass is 9.81. The van der Waals surface area contributed by atoms with Crippen molar-refractivity contribution < 1.29 is 14.3 Å². The average Bonchev–Trinajstić information content (AvgIpc) is 2.94. The highest BCUT2D eigenvalue weighted by molar-refractivity contribution is 5.86. The maximum atomic E-state index is 12.7. The van der Waals surface area contributed by atoms with E-state index in [9.17, 15) is 4.79 Å². The minimum absolute atomic E-state index is 0.0255. The zero-order chi connectivity index (χ0) is 14.0. The lowest BCUT2D eigenvalue weighted by Gasteiger charge is -2.40. The predicted octanol–water partition coefficient (Wildman–Crippen LogP) is 2.02. The van der Waals surface area contributed by atoms with E-state index in [1.807, 2.05) is 0 Å². The second-order valence-corrected chi connectivity index (χ2v) is 6.58. The van der Waals surface area contributed by atoms with E-state index in [4.69, 9.17) is 9.47 Å². The quantitative estimate of drug-likeness (QED) is 0.793. The average molecular weight is 281 g/mol. The molecule has 1 saturated carbocycles. The van der Waals surface area contributed by atoms with Gasteiger partial charge in [-0.1, -0.05) is 19.8 Å². The molecule has 0 aromatic rings. The Kier molecular flexibility index (Phi) is 4.43. The Morgan fingerprint density at radius 1 is 1.30 bits per heavy atom. The van der Waals surface area contributed by atoms with Gasteiger partial charge in [0.15, 0.2) is 5.78 Å². The molecule has 0 amide bonds. The highest BCUT2D eigenvalue weighted by Crippen LogP contribution is 2.42. The van der Waals surface area contributed by atoms with E-state index >= 15 is 0 Å². The highest BCUT2D eigenvalue weighted by Gasteiger charge is 2.43. The van der Waals surface area contributed by atoms with Crippen LogP contribution in [0.2, 0.25) is 0 Å². The molecular formula is C16H27NO3. The Labute approximate surface area is 121 Å². The van der Waals surface area contributed by atoms with Crippen LogP contribution in [0.15, 0.2) is 0 Å². The Bertz CT molecular complexity index is 352. The molecule has 2 aliphatic heterocycles. The summed E-state index contributed by atoms with van der Waals surface area (Å²) < 4.78 is 11.8. The molecule has 4 nitrogen and oxygen atoms in total. The van der Waals surface area contributed by atoms with Crippen molar-refractivity contribution in [2.24, 2.45) is 5.92 Å². The molecule has 4 heteroatoms. The normalized spacial score (nSPS) is 34.5. The first kappa shape index (κ1) is 14.5. The number of ketones is 1. The number of hydrogen-bond donors (Lipinski definition) is 0. The van der Waals surface area contributed by atoms with Crippen LogP contribution in [-0.2, 0) is 14.3 Å². The number of rotatable bonds is 3. The van der Waals surface area contributed by atoms with Crippen LogP contribution in [0.5, 0.6) is 0 Å². The Morgan fingerprint density at radius 2 is 2.10 bits per heavy atom. The van der Waals surface area contributed by atoms with Crippen LogP contribution in [0.4, 0.5) is 0 Å². The van der Waals surface area contributed by atoms with E-state index in [1.165, 1.54) is 12.8 Å². The summed E-state index contributed by atoms with van der Waals surface area (Å²) in [6.45, 7) is 6.33. The summed E-state index contributed by atoms with van der Waals surface area (Å²) in [6, 6.07) is 0. The number of morpholine rings is 1. The number of carbonyl (C=O) groups excluding carboxylic acids is 1. The van der Waals surface area contributed by atoms with Crippen molar-refractivity contribution in [1.29, 1.82) is 0 Å². The van der Waals surface area contributed by atoms with E-state index in [0.29, 0.717) is 12.4 Å². The molecule has 114 valence electrons. The molecule has 0 aromatic carbocycles. The molecule has 0 aromatic heterocycles.